The van der Waals surface area contributed by atoms with Crippen LogP contribution in [0.1, 0.15) is 24.2 Å². The molecule has 1 aromatic carbocycles. The molecule has 0 unspecified atom stereocenters. The number of amides is 3. The van der Waals surface area contributed by atoms with Crippen LogP contribution in [-0.2, 0) is 10.3 Å². The Kier molecular flexibility index (Phi) is 4.79. The maximum atomic E-state index is 12.5. The number of urea groups is 1. The number of aromatic nitrogens is 2. The number of hydrogen-bond donors (Lipinski definition) is 3. The lowest BCUT2D eigenvalue weighted by Crippen LogP contribution is -2.35. The minimum absolute atomic E-state index is 0.272. The van der Waals surface area contributed by atoms with Gasteiger partial charge in [0.15, 0.2) is 5.54 Å². The highest BCUT2D eigenvalue weighted by Gasteiger charge is 2.30. The van der Waals surface area contributed by atoms with Crippen molar-refractivity contribution in [2.24, 2.45) is 0 Å². The van der Waals surface area contributed by atoms with Crippen LogP contribution in [0, 0.1) is 0 Å². The molecule has 0 saturated carbocycles. The van der Waals surface area contributed by atoms with Gasteiger partial charge in [0, 0.05) is 24.8 Å². The van der Waals surface area contributed by atoms with Crippen LogP contribution in [0.4, 0.5) is 16.2 Å². The second-order valence-electron chi connectivity index (χ2n) is 6.54. The summed E-state index contributed by atoms with van der Waals surface area (Å²) < 4.78 is 1.26. The molecule has 3 N–H and O–H groups in total. The average molecular weight is 392 g/mol. The van der Waals surface area contributed by atoms with Gasteiger partial charge in [0.2, 0.25) is 0 Å². The lowest BCUT2D eigenvalue weighted by Gasteiger charge is -2.19. The quantitative estimate of drug-likeness (QED) is 0.722. The van der Waals surface area contributed by atoms with Crippen molar-refractivity contribution in [2.75, 3.05) is 23.3 Å². The fraction of sp³-hybridized carbons (Fsp3) is 0.294. The Bertz CT molecular complexity index is 924. The zero-order valence-corrected chi connectivity index (χ0v) is 15.4. The molecule has 3 amide bonds. The van der Waals surface area contributed by atoms with E-state index in [0.717, 1.165) is 0 Å². The first-order valence-electron chi connectivity index (χ1n) is 8.15. The Morgan fingerprint density at radius 1 is 1.37 bits per heavy atom. The van der Waals surface area contributed by atoms with Crippen LogP contribution >= 0.6 is 11.6 Å². The van der Waals surface area contributed by atoms with E-state index in [1.165, 1.54) is 41.9 Å². The zero-order chi connectivity index (χ0) is 19.8. The topological polar surface area (TPSA) is 117 Å². The molecule has 0 spiro atoms. The maximum absolute atomic E-state index is 12.5. The molecule has 1 aliphatic rings. The zero-order valence-electron chi connectivity index (χ0n) is 14.7. The van der Waals surface area contributed by atoms with E-state index < -0.39 is 17.4 Å². The molecule has 1 fully saturated rings. The predicted octanol–water partition coefficient (Wildman–Crippen LogP) is 2.14. The molecule has 9 nitrogen and oxygen atoms in total. The number of carboxylic acid groups (broad SMARTS) is 1. The molecule has 2 heterocycles. The van der Waals surface area contributed by atoms with Gasteiger partial charge in [-0.1, -0.05) is 11.6 Å². The minimum atomic E-state index is -1.25. The Morgan fingerprint density at radius 3 is 2.74 bits per heavy atom. The summed E-state index contributed by atoms with van der Waals surface area (Å²) in [6.07, 6.45) is 2.81. The third-order valence-corrected chi connectivity index (χ3v) is 4.61. The van der Waals surface area contributed by atoms with Gasteiger partial charge in [0.25, 0.3) is 5.91 Å². The van der Waals surface area contributed by atoms with Crippen molar-refractivity contribution in [3.8, 4) is 0 Å². The van der Waals surface area contributed by atoms with Crippen LogP contribution in [0.25, 0.3) is 0 Å². The summed E-state index contributed by atoms with van der Waals surface area (Å²) in [5, 5.41) is 18.9. The van der Waals surface area contributed by atoms with Crippen LogP contribution in [-0.4, -0.2) is 45.9 Å². The highest BCUT2D eigenvalue weighted by Crippen LogP contribution is 2.28. The van der Waals surface area contributed by atoms with Gasteiger partial charge in [-0.15, -0.1) is 0 Å². The van der Waals surface area contributed by atoms with Gasteiger partial charge >= 0.3 is 12.0 Å². The van der Waals surface area contributed by atoms with Gasteiger partial charge in [-0.3, -0.25) is 14.4 Å². The second-order valence-corrected chi connectivity index (χ2v) is 6.95. The fourth-order valence-electron chi connectivity index (χ4n) is 2.56. The van der Waals surface area contributed by atoms with Gasteiger partial charge in [-0.25, -0.2) is 9.59 Å². The van der Waals surface area contributed by atoms with Gasteiger partial charge in [-0.2, -0.15) is 5.10 Å². The Labute approximate surface area is 159 Å². The highest BCUT2D eigenvalue weighted by atomic mass is 35.5. The molecule has 0 atom stereocenters. The molecule has 3 rings (SSSR count). The van der Waals surface area contributed by atoms with E-state index in [-0.39, 0.29) is 6.03 Å². The molecular formula is C17H18ClN5O4. The van der Waals surface area contributed by atoms with Crippen LogP contribution < -0.4 is 15.5 Å². The summed E-state index contributed by atoms with van der Waals surface area (Å²) in [5.41, 5.74) is -0.148. The normalized spacial score (nSPS) is 14.2. The van der Waals surface area contributed by atoms with Gasteiger partial charge in [-0.05, 0) is 32.0 Å². The summed E-state index contributed by atoms with van der Waals surface area (Å²) in [6.45, 7) is 3.96. The number of anilines is 2. The third-order valence-electron chi connectivity index (χ3n) is 4.29. The molecule has 0 radical (unpaired) electrons. The van der Waals surface area contributed by atoms with E-state index in [0.29, 0.717) is 35.1 Å². The number of aliphatic carboxylic acids is 1. The van der Waals surface area contributed by atoms with Crippen molar-refractivity contribution in [3.63, 3.8) is 0 Å². The molecule has 1 aromatic heterocycles. The van der Waals surface area contributed by atoms with Crippen molar-refractivity contribution in [3.05, 3.63) is 41.2 Å². The lowest BCUT2D eigenvalue weighted by molar-refractivity contribution is -0.146. The number of halogens is 1. The number of carbonyl (C=O) groups is 3. The second kappa shape index (κ2) is 6.92. The van der Waals surface area contributed by atoms with Crippen molar-refractivity contribution in [1.29, 1.82) is 0 Å². The van der Waals surface area contributed by atoms with E-state index in [1.54, 1.807) is 12.1 Å². The standard InChI is InChI=1S/C17H18ClN5O4/c1-17(2,15(25)26)23-9-11(8-20-23)21-14(24)10-3-4-12(18)13(7-10)22-6-5-19-16(22)27/h3-4,7-9H,5-6H2,1-2H3,(H,19,27)(H,21,24)(H,25,26). The number of carbonyl (C=O) groups excluding carboxylic acids is 2. The number of hydrogen-bond acceptors (Lipinski definition) is 4. The molecule has 27 heavy (non-hydrogen) atoms. The van der Waals surface area contributed by atoms with E-state index in [2.05, 4.69) is 15.7 Å². The van der Waals surface area contributed by atoms with E-state index in [4.69, 9.17) is 11.6 Å². The fourth-order valence-corrected chi connectivity index (χ4v) is 2.78. The van der Waals surface area contributed by atoms with Gasteiger partial charge < -0.3 is 15.7 Å². The molecule has 1 saturated heterocycles. The molecule has 0 bridgehead atoms. The van der Waals surface area contributed by atoms with Crippen molar-refractivity contribution < 1.29 is 19.5 Å². The first kappa shape index (κ1) is 18.7. The molecule has 142 valence electrons. The maximum Gasteiger partial charge on any atom is 0.331 e. The van der Waals surface area contributed by atoms with Gasteiger partial charge in [0.05, 0.1) is 22.6 Å². The number of benzene rings is 1. The molecular weight excluding hydrogens is 374 g/mol. The number of nitrogens with one attached hydrogen (secondary N) is 2. The smallest absolute Gasteiger partial charge is 0.331 e. The molecule has 2 aromatic rings. The SMILES string of the molecule is CC(C)(C(=O)O)n1cc(NC(=O)c2ccc(Cl)c(N3CCNC3=O)c2)cn1. The van der Waals surface area contributed by atoms with E-state index >= 15 is 0 Å². The van der Waals surface area contributed by atoms with Crippen LogP contribution in [0.15, 0.2) is 30.6 Å². The predicted molar refractivity (Wildman–Crippen MR) is 99.3 cm³/mol. The van der Waals surface area contributed by atoms with Crippen molar-refractivity contribution in [2.45, 2.75) is 19.4 Å². The summed E-state index contributed by atoms with van der Waals surface area (Å²) in [5.74, 6) is -1.48. The third kappa shape index (κ3) is 3.59. The summed E-state index contributed by atoms with van der Waals surface area (Å²) >= 11 is 6.17. The number of rotatable bonds is 5. The van der Waals surface area contributed by atoms with Crippen molar-refractivity contribution >= 4 is 40.9 Å². The summed E-state index contributed by atoms with van der Waals surface area (Å²) in [6, 6.07) is 4.36. The number of nitrogens with zero attached hydrogens (tertiary/aromatic N) is 3. The van der Waals surface area contributed by atoms with Crippen LogP contribution in [0.5, 0.6) is 0 Å². The van der Waals surface area contributed by atoms with Crippen LogP contribution in [0.3, 0.4) is 0 Å². The molecule has 1 aliphatic heterocycles. The van der Waals surface area contributed by atoms with Crippen molar-refractivity contribution in [1.82, 2.24) is 15.1 Å². The summed E-state index contributed by atoms with van der Waals surface area (Å²) in [4.78, 5) is 37.2. The molecule has 10 heteroatoms. The number of carboxylic acids is 1. The summed E-state index contributed by atoms with van der Waals surface area (Å²) in [7, 11) is 0. The first-order valence-corrected chi connectivity index (χ1v) is 8.53. The largest absolute Gasteiger partial charge is 0.479 e. The Balaban J connectivity index is 1.80. The first-order chi connectivity index (χ1) is 12.7. The van der Waals surface area contributed by atoms with E-state index in [1.807, 2.05) is 0 Å². The van der Waals surface area contributed by atoms with Gasteiger partial charge in [0.1, 0.15) is 0 Å². The monoisotopic (exact) mass is 391 g/mol. The van der Waals surface area contributed by atoms with E-state index in [9.17, 15) is 19.5 Å². The minimum Gasteiger partial charge on any atom is -0.479 e. The Hall–Kier alpha value is -3.07. The highest BCUT2D eigenvalue weighted by molar-refractivity contribution is 6.34. The Morgan fingerprint density at radius 2 is 2.11 bits per heavy atom. The lowest BCUT2D eigenvalue weighted by atomic mass is 10.1. The average Bonchev–Trinajstić information content (AvgIpc) is 3.24. The molecule has 0 aliphatic carbocycles. The van der Waals surface area contributed by atoms with Crippen LogP contribution in [0.2, 0.25) is 5.02 Å².